The lowest BCUT2D eigenvalue weighted by Crippen LogP contribution is -2.42. The van der Waals surface area contributed by atoms with Crippen molar-refractivity contribution < 1.29 is 4.79 Å². The fourth-order valence-electron chi connectivity index (χ4n) is 3.98. The van der Waals surface area contributed by atoms with Gasteiger partial charge in [0.05, 0.1) is 18.2 Å². The number of aromatic nitrogens is 3. The van der Waals surface area contributed by atoms with Crippen molar-refractivity contribution in [2.45, 2.75) is 0 Å². The van der Waals surface area contributed by atoms with E-state index in [1.54, 1.807) is 12.5 Å². The summed E-state index contributed by atoms with van der Waals surface area (Å²) < 4.78 is 4.27. The van der Waals surface area contributed by atoms with Crippen LogP contribution in [-0.4, -0.2) is 49.7 Å². The van der Waals surface area contributed by atoms with Crippen LogP contribution in [0.2, 0.25) is 0 Å². The van der Waals surface area contributed by atoms with Crippen LogP contribution in [0.5, 0.6) is 0 Å². The van der Waals surface area contributed by atoms with Crippen molar-refractivity contribution in [3.8, 4) is 11.3 Å². The van der Waals surface area contributed by atoms with Gasteiger partial charge in [-0.05, 0) is 35.7 Å². The summed E-state index contributed by atoms with van der Waals surface area (Å²) in [5, 5.41) is 4.99. The van der Waals surface area contributed by atoms with Crippen molar-refractivity contribution in [1.82, 2.24) is 17.6 Å². The van der Waals surface area contributed by atoms with E-state index in [0.717, 1.165) is 53.9 Å². The molecule has 0 spiro atoms. The summed E-state index contributed by atoms with van der Waals surface area (Å²) in [5.74, 6) is 0.377. The molecule has 8 heteroatoms. The molecular weight excluding hydrogens is 515 g/mol. The molecule has 5 rings (SSSR count). The number of amides is 1. The Hall–Kier alpha value is -2.98. The average Bonchev–Trinajstić information content (AvgIpc) is 3.25. The van der Waals surface area contributed by atoms with Crippen LogP contribution in [0.1, 0.15) is 10.4 Å². The molecule has 0 atom stereocenters. The van der Waals surface area contributed by atoms with E-state index < -0.39 is 0 Å². The number of carbonyl (C=O) groups excluding carboxylic acids is 1. The van der Waals surface area contributed by atoms with Gasteiger partial charge >= 0.3 is 0 Å². The number of halogens is 1. The molecule has 4 aromatic rings. The van der Waals surface area contributed by atoms with E-state index in [1.165, 1.54) is 0 Å². The molecule has 2 aromatic carbocycles. The third-order valence-electron chi connectivity index (χ3n) is 5.77. The van der Waals surface area contributed by atoms with Crippen molar-refractivity contribution in [3.63, 3.8) is 0 Å². The molecule has 7 nitrogen and oxygen atoms in total. The summed E-state index contributed by atoms with van der Waals surface area (Å²) in [6, 6.07) is 15.9. The number of hydrogen-bond acceptors (Lipinski definition) is 5. The fraction of sp³-hybridized carbons (Fsp3) is 0.208. The summed E-state index contributed by atoms with van der Waals surface area (Å²) in [7, 11) is 1.97. The van der Waals surface area contributed by atoms with E-state index in [-0.39, 0.29) is 5.91 Å². The van der Waals surface area contributed by atoms with Crippen molar-refractivity contribution in [3.05, 3.63) is 72.8 Å². The Labute approximate surface area is 200 Å². The SMILES string of the molecule is Cn1cncc1-c1ccc2cnc(NC(=O)c3cccc(N4CCN(I)CC4)c3)cc2c1. The fourth-order valence-corrected chi connectivity index (χ4v) is 4.41. The minimum absolute atomic E-state index is 0.158. The Morgan fingerprint density at radius 2 is 1.84 bits per heavy atom. The number of fused-ring (bicyclic) bond motifs is 1. The molecule has 1 N–H and O–H groups in total. The van der Waals surface area contributed by atoms with Crippen molar-refractivity contribution in [1.29, 1.82) is 0 Å². The second kappa shape index (κ2) is 8.87. The van der Waals surface area contributed by atoms with Crippen LogP contribution < -0.4 is 10.2 Å². The first-order chi connectivity index (χ1) is 15.6. The zero-order chi connectivity index (χ0) is 22.1. The Balaban J connectivity index is 1.36. The number of nitrogens with one attached hydrogen (secondary N) is 1. The number of rotatable bonds is 4. The Kier molecular flexibility index (Phi) is 5.79. The highest BCUT2D eigenvalue weighted by Gasteiger charge is 2.17. The summed E-state index contributed by atoms with van der Waals surface area (Å²) in [6.45, 7) is 3.94. The first-order valence-electron chi connectivity index (χ1n) is 10.5. The van der Waals surface area contributed by atoms with Gasteiger partial charge in [0.15, 0.2) is 0 Å². The van der Waals surface area contributed by atoms with Gasteiger partial charge in [-0.1, -0.05) is 18.2 Å². The number of anilines is 2. The lowest BCUT2D eigenvalue weighted by molar-refractivity contribution is 0.102. The highest BCUT2D eigenvalue weighted by Crippen LogP contribution is 2.25. The van der Waals surface area contributed by atoms with Gasteiger partial charge in [-0.2, -0.15) is 0 Å². The second-order valence-corrected chi connectivity index (χ2v) is 9.29. The Morgan fingerprint density at radius 1 is 1.00 bits per heavy atom. The normalized spacial score (nSPS) is 14.6. The topological polar surface area (TPSA) is 66.3 Å². The highest BCUT2D eigenvalue weighted by molar-refractivity contribution is 14.1. The highest BCUT2D eigenvalue weighted by atomic mass is 127. The van der Waals surface area contributed by atoms with Crippen LogP contribution in [0, 0.1) is 0 Å². The third-order valence-corrected chi connectivity index (χ3v) is 6.74. The van der Waals surface area contributed by atoms with Gasteiger partial charge in [-0.15, -0.1) is 0 Å². The van der Waals surface area contributed by atoms with Crippen LogP contribution >= 0.6 is 22.9 Å². The maximum atomic E-state index is 12.9. The predicted octanol–water partition coefficient (Wildman–Crippen LogP) is 4.36. The lowest BCUT2D eigenvalue weighted by Gasteiger charge is -2.33. The van der Waals surface area contributed by atoms with Gasteiger partial charge in [0.25, 0.3) is 5.91 Å². The van der Waals surface area contributed by atoms with Gasteiger partial charge < -0.3 is 14.8 Å². The molecule has 0 aliphatic carbocycles. The third kappa shape index (κ3) is 4.33. The maximum Gasteiger partial charge on any atom is 0.256 e. The molecular formula is C24H23IN6O. The van der Waals surface area contributed by atoms with Crippen LogP contribution in [0.25, 0.3) is 22.0 Å². The molecule has 0 radical (unpaired) electrons. The van der Waals surface area contributed by atoms with E-state index >= 15 is 0 Å². The molecule has 1 saturated heterocycles. The molecule has 0 saturated carbocycles. The van der Waals surface area contributed by atoms with E-state index in [9.17, 15) is 4.79 Å². The number of aryl methyl sites for hydroxylation is 1. The number of benzene rings is 2. The van der Waals surface area contributed by atoms with Crippen molar-refractivity contribution >= 4 is 51.0 Å². The number of imidazole rings is 1. The number of nitrogens with zero attached hydrogens (tertiary/aromatic N) is 5. The maximum absolute atomic E-state index is 12.9. The summed E-state index contributed by atoms with van der Waals surface area (Å²) in [4.78, 5) is 23.9. The predicted molar refractivity (Wildman–Crippen MR) is 136 cm³/mol. The summed E-state index contributed by atoms with van der Waals surface area (Å²) in [6.07, 6.45) is 5.42. The second-order valence-electron chi connectivity index (χ2n) is 7.92. The standard InChI is InChI=1S/C24H23IN6O/c1-29-16-26-15-22(29)17-5-6-19-14-27-23(13-20(19)11-17)28-24(32)18-3-2-4-21(12-18)30-7-9-31(25)10-8-30/h2-6,11-16H,7-10H2,1H3,(H,27,28,32). The van der Waals surface area contributed by atoms with E-state index in [0.29, 0.717) is 11.4 Å². The van der Waals surface area contributed by atoms with Gasteiger partial charge in [0, 0.05) is 84.5 Å². The van der Waals surface area contributed by atoms with Crippen molar-refractivity contribution in [2.24, 2.45) is 7.05 Å². The van der Waals surface area contributed by atoms with Crippen LogP contribution in [-0.2, 0) is 7.05 Å². The quantitative estimate of drug-likeness (QED) is 0.309. The van der Waals surface area contributed by atoms with Gasteiger partial charge in [0.2, 0.25) is 0 Å². The molecule has 1 aliphatic rings. The molecule has 2 aromatic heterocycles. The molecule has 32 heavy (non-hydrogen) atoms. The van der Waals surface area contributed by atoms with Crippen LogP contribution in [0.4, 0.5) is 11.5 Å². The van der Waals surface area contributed by atoms with E-state index in [1.807, 2.05) is 48.1 Å². The number of carbonyl (C=O) groups is 1. The zero-order valence-electron chi connectivity index (χ0n) is 17.7. The van der Waals surface area contributed by atoms with Gasteiger partial charge in [-0.25, -0.2) is 13.1 Å². The summed E-state index contributed by atoms with van der Waals surface area (Å²) in [5.41, 5.74) is 3.81. The minimum atomic E-state index is -0.158. The number of pyridine rings is 1. The molecule has 1 amide bonds. The molecule has 3 heterocycles. The number of hydrogen-bond donors (Lipinski definition) is 1. The molecule has 0 bridgehead atoms. The average molecular weight is 538 g/mol. The Bertz CT molecular complexity index is 1280. The molecule has 0 unspecified atom stereocenters. The molecule has 162 valence electrons. The van der Waals surface area contributed by atoms with E-state index in [4.69, 9.17) is 0 Å². The van der Waals surface area contributed by atoms with Gasteiger partial charge in [-0.3, -0.25) is 4.79 Å². The van der Waals surface area contributed by atoms with Crippen molar-refractivity contribution in [2.75, 3.05) is 36.4 Å². The monoisotopic (exact) mass is 538 g/mol. The van der Waals surface area contributed by atoms with Gasteiger partial charge in [0.1, 0.15) is 5.82 Å². The summed E-state index contributed by atoms with van der Waals surface area (Å²) >= 11 is 2.36. The van der Waals surface area contributed by atoms with Crippen LogP contribution in [0.3, 0.4) is 0 Å². The van der Waals surface area contributed by atoms with Crippen LogP contribution in [0.15, 0.2) is 67.3 Å². The number of piperazine rings is 1. The lowest BCUT2D eigenvalue weighted by atomic mass is 10.1. The smallest absolute Gasteiger partial charge is 0.256 e. The largest absolute Gasteiger partial charge is 0.369 e. The zero-order valence-corrected chi connectivity index (χ0v) is 19.9. The first-order valence-corrected chi connectivity index (χ1v) is 11.5. The molecule has 1 fully saturated rings. The first kappa shape index (κ1) is 20.9. The Morgan fingerprint density at radius 3 is 2.62 bits per heavy atom. The minimum Gasteiger partial charge on any atom is -0.369 e. The molecule has 1 aliphatic heterocycles. The van der Waals surface area contributed by atoms with E-state index in [2.05, 4.69) is 64.4 Å².